The molecule has 34 heavy (non-hydrogen) atoms. The molecule has 1 saturated carbocycles. The molecule has 0 unspecified atom stereocenters. The van der Waals surface area contributed by atoms with Crippen LogP contribution in [-0.4, -0.2) is 32.5 Å². The molecule has 2 aromatic heterocycles. The van der Waals surface area contributed by atoms with E-state index in [9.17, 15) is 4.79 Å². The molecule has 5 rings (SSSR count). The van der Waals surface area contributed by atoms with Gasteiger partial charge in [0.2, 0.25) is 11.8 Å². The average Bonchev–Trinajstić information content (AvgIpc) is 3.61. The third kappa shape index (κ3) is 3.98. The first-order valence-corrected chi connectivity index (χ1v) is 11.1. The van der Waals surface area contributed by atoms with E-state index in [0.29, 0.717) is 23.1 Å². The van der Waals surface area contributed by atoms with Gasteiger partial charge in [-0.05, 0) is 57.0 Å². The maximum absolute atomic E-state index is 13.1. The summed E-state index contributed by atoms with van der Waals surface area (Å²) in [5, 5.41) is 3.04. The minimum atomic E-state index is -0.539. The van der Waals surface area contributed by atoms with E-state index in [1.54, 1.807) is 31.6 Å². The minimum Gasteiger partial charge on any atom is -0.496 e. The van der Waals surface area contributed by atoms with Gasteiger partial charge in [-0.1, -0.05) is 18.2 Å². The molecule has 4 aromatic rings. The van der Waals surface area contributed by atoms with Crippen molar-refractivity contribution < 1.29 is 14.3 Å². The van der Waals surface area contributed by atoms with Gasteiger partial charge in [0.15, 0.2) is 0 Å². The number of anilines is 1. The van der Waals surface area contributed by atoms with Crippen LogP contribution in [0.1, 0.15) is 29.8 Å². The Bertz CT molecular complexity index is 1340. The Morgan fingerprint density at radius 3 is 2.47 bits per heavy atom. The summed E-state index contributed by atoms with van der Waals surface area (Å²) in [6, 6.07) is 16.7. The number of aryl methyl sites for hydroxylation is 1. The molecule has 0 aliphatic heterocycles. The Hall–Kier alpha value is -4.20. The zero-order valence-corrected chi connectivity index (χ0v) is 19.3. The van der Waals surface area contributed by atoms with Crippen LogP contribution in [0, 0.1) is 13.8 Å². The Morgan fingerprint density at radius 2 is 1.79 bits per heavy atom. The number of methoxy groups -OCH3 is 1. The largest absolute Gasteiger partial charge is 0.496 e. The van der Waals surface area contributed by atoms with E-state index in [-0.39, 0.29) is 5.91 Å². The van der Waals surface area contributed by atoms with Gasteiger partial charge in [-0.3, -0.25) is 9.36 Å². The number of ether oxygens (including phenoxy) is 2. The molecule has 172 valence electrons. The van der Waals surface area contributed by atoms with Crippen LogP contribution in [0.3, 0.4) is 0 Å². The van der Waals surface area contributed by atoms with Crippen LogP contribution in [0.2, 0.25) is 0 Å². The fourth-order valence-corrected chi connectivity index (χ4v) is 4.01. The summed E-state index contributed by atoms with van der Waals surface area (Å²) >= 11 is 0. The topological polar surface area (TPSA) is 91.2 Å². The summed E-state index contributed by atoms with van der Waals surface area (Å²) in [7, 11) is 1.63. The number of imidazole rings is 1. The SMILES string of the molecule is COc1ccccc1C1(C(=O)Nc2ccc(Oc3cc(-n4cnc(C)c4C)ncn3)cc2)CC1. The van der Waals surface area contributed by atoms with Gasteiger partial charge in [-0.25, -0.2) is 15.0 Å². The number of carbonyl (C=O) groups excluding carboxylic acids is 1. The van der Waals surface area contributed by atoms with Crippen LogP contribution in [0.4, 0.5) is 5.69 Å². The highest BCUT2D eigenvalue weighted by atomic mass is 16.5. The average molecular weight is 456 g/mol. The molecule has 8 nitrogen and oxygen atoms in total. The van der Waals surface area contributed by atoms with Gasteiger partial charge in [0.05, 0.1) is 18.2 Å². The lowest BCUT2D eigenvalue weighted by atomic mass is 9.94. The number of hydrogen-bond donors (Lipinski definition) is 1. The van der Waals surface area contributed by atoms with Crippen LogP contribution in [0.25, 0.3) is 5.82 Å². The van der Waals surface area contributed by atoms with Gasteiger partial charge >= 0.3 is 0 Å². The summed E-state index contributed by atoms with van der Waals surface area (Å²) in [6.07, 6.45) is 4.78. The zero-order valence-electron chi connectivity index (χ0n) is 19.3. The van der Waals surface area contributed by atoms with E-state index < -0.39 is 5.41 Å². The summed E-state index contributed by atoms with van der Waals surface area (Å²) in [6.45, 7) is 3.93. The van der Waals surface area contributed by atoms with E-state index >= 15 is 0 Å². The van der Waals surface area contributed by atoms with Gasteiger partial charge in [0, 0.05) is 23.0 Å². The molecular formula is C26H25N5O3. The molecule has 1 aliphatic carbocycles. The number of hydrogen-bond acceptors (Lipinski definition) is 6. The second-order valence-electron chi connectivity index (χ2n) is 8.36. The monoisotopic (exact) mass is 455 g/mol. The van der Waals surface area contributed by atoms with Crippen LogP contribution in [0.5, 0.6) is 17.4 Å². The molecule has 0 saturated heterocycles. The van der Waals surface area contributed by atoms with E-state index in [4.69, 9.17) is 9.47 Å². The number of nitrogens with one attached hydrogen (secondary N) is 1. The molecule has 0 atom stereocenters. The van der Waals surface area contributed by atoms with Crippen molar-refractivity contribution in [1.82, 2.24) is 19.5 Å². The summed E-state index contributed by atoms with van der Waals surface area (Å²) < 4.78 is 13.3. The molecule has 1 fully saturated rings. The molecule has 2 aromatic carbocycles. The number of nitrogens with zero attached hydrogens (tertiary/aromatic N) is 4. The quantitative estimate of drug-likeness (QED) is 0.432. The molecule has 0 radical (unpaired) electrons. The van der Waals surface area contributed by atoms with Gasteiger partial charge in [-0.15, -0.1) is 0 Å². The van der Waals surface area contributed by atoms with Gasteiger partial charge in [-0.2, -0.15) is 0 Å². The predicted molar refractivity (Wildman–Crippen MR) is 128 cm³/mol. The van der Waals surface area contributed by atoms with Crippen LogP contribution < -0.4 is 14.8 Å². The molecule has 2 heterocycles. The Balaban J connectivity index is 1.28. The van der Waals surface area contributed by atoms with Crippen molar-refractivity contribution in [1.29, 1.82) is 0 Å². The highest BCUT2D eigenvalue weighted by Gasteiger charge is 2.52. The molecule has 0 bridgehead atoms. The van der Waals surface area contributed by atoms with Crippen LogP contribution in [-0.2, 0) is 10.2 Å². The smallest absolute Gasteiger partial charge is 0.235 e. The number of aromatic nitrogens is 4. The molecule has 8 heteroatoms. The highest BCUT2D eigenvalue weighted by Crippen LogP contribution is 2.52. The zero-order chi connectivity index (χ0) is 23.7. The first-order valence-electron chi connectivity index (χ1n) is 11.1. The maximum Gasteiger partial charge on any atom is 0.235 e. The minimum absolute atomic E-state index is 0.0305. The van der Waals surface area contributed by atoms with Crippen molar-refractivity contribution in [3.8, 4) is 23.2 Å². The van der Waals surface area contributed by atoms with Crippen molar-refractivity contribution in [2.24, 2.45) is 0 Å². The Labute approximate surface area is 197 Å². The number of rotatable bonds is 7. The van der Waals surface area contributed by atoms with Gasteiger partial charge in [0.1, 0.15) is 30.0 Å². The van der Waals surface area contributed by atoms with E-state index in [1.165, 1.54) is 6.33 Å². The van der Waals surface area contributed by atoms with E-state index in [1.807, 2.05) is 54.8 Å². The van der Waals surface area contributed by atoms with Gasteiger partial charge < -0.3 is 14.8 Å². The highest BCUT2D eigenvalue weighted by molar-refractivity contribution is 6.01. The molecule has 1 N–H and O–H groups in total. The van der Waals surface area contributed by atoms with Crippen molar-refractivity contribution in [2.45, 2.75) is 32.1 Å². The standard InChI is InChI=1S/C26H25N5O3/c1-17-18(2)31(16-29-17)23-14-24(28-15-27-23)34-20-10-8-19(9-11-20)30-25(32)26(12-13-26)21-6-4-5-7-22(21)33-3/h4-11,14-16H,12-13H2,1-3H3,(H,30,32). The predicted octanol–water partition coefficient (Wildman–Crippen LogP) is 4.75. The fourth-order valence-electron chi connectivity index (χ4n) is 4.01. The third-order valence-electron chi connectivity index (χ3n) is 6.27. The maximum atomic E-state index is 13.1. The fraction of sp³-hybridized carbons (Fsp3) is 0.231. The van der Waals surface area contributed by atoms with Crippen molar-refractivity contribution in [3.05, 3.63) is 84.2 Å². The number of amides is 1. The first-order chi connectivity index (χ1) is 16.5. The second-order valence-corrected chi connectivity index (χ2v) is 8.36. The Morgan fingerprint density at radius 1 is 1.03 bits per heavy atom. The lowest BCUT2D eigenvalue weighted by Gasteiger charge is -2.18. The molecule has 1 aliphatic rings. The number of carbonyl (C=O) groups is 1. The van der Waals surface area contributed by atoms with Crippen LogP contribution >= 0.6 is 0 Å². The Kier molecular flexibility index (Phi) is 5.49. The second kappa shape index (κ2) is 8.62. The van der Waals surface area contributed by atoms with Crippen LogP contribution in [0.15, 0.2) is 67.3 Å². The summed E-state index contributed by atoms with van der Waals surface area (Å²) in [5.41, 5.74) is 3.04. The molecule has 0 spiro atoms. The van der Waals surface area contributed by atoms with E-state index in [0.717, 1.165) is 35.5 Å². The molecular weight excluding hydrogens is 430 g/mol. The third-order valence-corrected chi connectivity index (χ3v) is 6.27. The van der Waals surface area contributed by atoms with Gasteiger partial charge in [0.25, 0.3) is 0 Å². The first kappa shape index (κ1) is 21.6. The number of benzene rings is 2. The lowest BCUT2D eigenvalue weighted by molar-refractivity contribution is -0.118. The van der Waals surface area contributed by atoms with Crippen molar-refractivity contribution in [2.75, 3.05) is 12.4 Å². The summed E-state index contributed by atoms with van der Waals surface area (Å²) in [5.74, 6) is 2.41. The van der Waals surface area contributed by atoms with E-state index in [2.05, 4.69) is 20.3 Å². The number of para-hydroxylation sites is 1. The normalized spacial score (nSPS) is 13.9. The molecule has 1 amide bonds. The lowest BCUT2D eigenvalue weighted by Crippen LogP contribution is -2.28. The van der Waals surface area contributed by atoms with Crippen molar-refractivity contribution >= 4 is 11.6 Å². The summed E-state index contributed by atoms with van der Waals surface area (Å²) in [4.78, 5) is 26.0. The van der Waals surface area contributed by atoms with Crippen molar-refractivity contribution in [3.63, 3.8) is 0 Å².